The van der Waals surface area contributed by atoms with Crippen LogP contribution in [-0.2, 0) is 14.3 Å². The normalized spacial score (nSPS) is 19.8. The van der Waals surface area contributed by atoms with Crippen molar-refractivity contribution in [3.8, 4) is 0 Å². The van der Waals surface area contributed by atoms with Crippen molar-refractivity contribution >= 4 is 5.97 Å². The first-order valence-corrected chi connectivity index (χ1v) is 5.90. The summed E-state index contributed by atoms with van der Waals surface area (Å²) in [7, 11) is 0. The average molecular weight is 224 g/mol. The highest BCUT2D eigenvalue weighted by Crippen LogP contribution is 2.34. The lowest BCUT2D eigenvalue weighted by Gasteiger charge is -2.12. The largest absolute Gasteiger partial charge is 0.493 e. The summed E-state index contributed by atoms with van der Waals surface area (Å²) in [5.41, 5.74) is 1.90. The molecule has 3 heteroatoms. The van der Waals surface area contributed by atoms with Gasteiger partial charge < -0.3 is 9.47 Å². The molecule has 0 N–H and O–H groups in total. The monoisotopic (exact) mass is 224 g/mol. The lowest BCUT2D eigenvalue weighted by Crippen LogP contribution is -2.14. The van der Waals surface area contributed by atoms with Gasteiger partial charge in [-0.1, -0.05) is 19.4 Å². The van der Waals surface area contributed by atoms with Crippen molar-refractivity contribution in [2.45, 2.75) is 34.1 Å². The molecular weight excluding hydrogens is 204 g/mol. The Labute approximate surface area is 97.1 Å². The Kier molecular flexibility index (Phi) is 4.59. The van der Waals surface area contributed by atoms with Crippen LogP contribution in [0.3, 0.4) is 0 Å². The van der Waals surface area contributed by atoms with E-state index in [9.17, 15) is 4.79 Å². The summed E-state index contributed by atoms with van der Waals surface area (Å²) in [6.07, 6.45) is 2.90. The third-order valence-electron chi connectivity index (χ3n) is 2.77. The zero-order chi connectivity index (χ0) is 12.1. The summed E-state index contributed by atoms with van der Waals surface area (Å²) in [6.45, 7) is 8.80. The Morgan fingerprint density at radius 3 is 2.50 bits per heavy atom. The van der Waals surface area contributed by atoms with E-state index in [1.54, 1.807) is 0 Å². The molecule has 1 rings (SSSR count). The van der Waals surface area contributed by atoms with Crippen LogP contribution < -0.4 is 0 Å². The molecule has 0 heterocycles. The van der Waals surface area contributed by atoms with E-state index in [1.807, 2.05) is 26.8 Å². The third-order valence-corrected chi connectivity index (χ3v) is 2.77. The molecule has 1 aliphatic rings. The summed E-state index contributed by atoms with van der Waals surface area (Å²) < 4.78 is 10.5. The molecule has 1 aliphatic carbocycles. The molecule has 0 aromatic rings. The van der Waals surface area contributed by atoms with E-state index in [-0.39, 0.29) is 11.9 Å². The van der Waals surface area contributed by atoms with Gasteiger partial charge in [0.1, 0.15) is 5.76 Å². The predicted octanol–water partition coefficient (Wildman–Crippen LogP) is 2.83. The maximum absolute atomic E-state index is 11.8. The third kappa shape index (κ3) is 2.46. The van der Waals surface area contributed by atoms with Crippen LogP contribution in [0.2, 0.25) is 0 Å². The smallest absolute Gasteiger partial charge is 0.338 e. The zero-order valence-electron chi connectivity index (χ0n) is 10.5. The average Bonchev–Trinajstić information content (AvgIpc) is 2.56. The molecule has 0 fully saturated rings. The Bertz CT molecular complexity index is 326. The summed E-state index contributed by atoms with van der Waals surface area (Å²) in [5, 5.41) is 0. The number of allylic oxidation sites excluding steroid dienone is 2. The van der Waals surface area contributed by atoms with Gasteiger partial charge in [0.05, 0.1) is 18.8 Å². The van der Waals surface area contributed by atoms with Gasteiger partial charge in [-0.2, -0.15) is 0 Å². The maximum atomic E-state index is 11.8. The first kappa shape index (κ1) is 12.8. The van der Waals surface area contributed by atoms with Crippen molar-refractivity contribution in [1.29, 1.82) is 0 Å². The first-order valence-electron chi connectivity index (χ1n) is 5.90. The van der Waals surface area contributed by atoms with Gasteiger partial charge in [-0.05, 0) is 26.3 Å². The van der Waals surface area contributed by atoms with Gasteiger partial charge in [0.15, 0.2) is 0 Å². The van der Waals surface area contributed by atoms with Crippen molar-refractivity contribution < 1.29 is 14.3 Å². The van der Waals surface area contributed by atoms with Crippen molar-refractivity contribution in [2.24, 2.45) is 5.92 Å². The van der Waals surface area contributed by atoms with Gasteiger partial charge in [0.25, 0.3) is 0 Å². The molecule has 0 saturated heterocycles. The van der Waals surface area contributed by atoms with Crippen molar-refractivity contribution in [1.82, 2.24) is 0 Å². The number of carbonyl (C=O) groups is 1. The Balaban J connectivity index is 2.94. The van der Waals surface area contributed by atoms with E-state index in [4.69, 9.17) is 9.47 Å². The molecule has 0 aromatic carbocycles. The van der Waals surface area contributed by atoms with Crippen LogP contribution in [0.15, 0.2) is 23.0 Å². The van der Waals surface area contributed by atoms with Gasteiger partial charge >= 0.3 is 5.97 Å². The molecule has 0 spiro atoms. The molecular formula is C13H20O3. The van der Waals surface area contributed by atoms with E-state index in [0.717, 1.165) is 6.42 Å². The summed E-state index contributed by atoms with van der Waals surface area (Å²) in [6, 6.07) is 0. The minimum Gasteiger partial charge on any atom is -0.493 e. The van der Waals surface area contributed by atoms with Gasteiger partial charge in [0, 0.05) is 5.92 Å². The van der Waals surface area contributed by atoms with Gasteiger partial charge in [0.2, 0.25) is 0 Å². The maximum Gasteiger partial charge on any atom is 0.338 e. The standard InChI is InChI=1S/C13H20O3/c1-5-10-8-11(15-6-2)12(9(10)4)13(14)16-7-3/h8-9H,5-7H2,1-4H3. The van der Waals surface area contributed by atoms with Crippen molar-refractivity contribution in [2.75, 3.05) is 13.2 Å². The second kappa shape index (κ2) is 5.73. The molecule has 1 unspecified atom stereocenters. The summed E-state index contributed by atoms with van der Waals surface area (Å²) in [5.74, 6) is 0.550. The number of ether oxygens (including phenoxy) is 2. The fourth-order valence-electron chi connectivity index (χ4n) is 1.94. The second-order valence-electron chi connectivity index (χ2n) is 3.73. The topological polar surface area (TPSA) is 35.5 Å². The predicted molar refractivity (Wildman–Crippen MR) is 62.8 cm³/mol. The number of hydrogen-bond acceptors (Lipinski definition) is 3. The lowest BCUT2D eigenvalue weighted by atomic mass is 9.96. The Hall–Kier alpha value is -1.25. The van der Waals surface area contributed by atoms with E-state index < -0.39 is 0 Å². The Morgan fingerprint density at radius 2 is 2.00 bits per heavy atom. The first-order chi connectivity index (χ1) is 7.65. The molecule has 90 valence electrons. The van der Waals surface area contributed by atoms with Crippen LogP contribution in [-0.4, -0.2) is 19.2 Å². The van der Waals surface area contributed by atoms with Crippen molar-refractivity contribution in [3.63, 3.8) is 0 Å². The lowest BCUT2D eigenvalue weighted by molar-refractivity contribution is -0.139. The highest BCUT2D eigenvalue weighted by atomic mass is 16.5. The molecule has 16 heavy (non-hydrogen) atoms. The van der Waals surface area contributed by atoms with Gasteiger partial charge in [-0.3, -0.25) is 0 Å². The fourth-order valence-corrected chi connectivity index (χ4v) is 1.94. The highest BCUT2D eigenvalue weighted by Gasteiger charge is 2.30. The van der Waals surface area contributed by atoms with Crippen LogP contribution in [0.25, 0.3) is 0 Å². The SMILES string of the molecule is CCOC(=O)C1=C(OCC)C=C(CC)C1C. The number of esters is 1. The minimum absolute atomic E-state index is 0.116. The van der Waals surface area contributed by atoms with Crippen molar-refractivity contribution in [3.05, 3.63) is 23.0 Å². The Morgan fingerprint density at radius 1 is 1.31 bits per heavy atom. The van der Waals surface area contributed by atoms with Crippen LogP contribution in [0.5, 0.6) is 0 Å². The quantitative estimate of drug-likeness (QED) is 0.674. The van der Waals surface area contributed by atoms with E-state index in [0.29, 0.717) is 24.5 Å². The van der Waals surface area contributed by atoms with Crippen LogP contribution >= 0.6 is 0 Å². The summed E-state index contributed by atoms with van der Waals surface area (Å²) in [4.78, 5) is 11.8. The molecule has 0 aliphatic heterocycles. The van der Waals surface area contributed by atoms with Crippen LogP contribution in [0.4, 0.5) is 0 Å². The summed E-state index contributed by atoms with van der Waals surface area (Å²) >= 11 is 0. The molecule has 3 nitrogen and oxygen atoms in total. The number of carbonyl (C=O) groups excluding carboxylic acids is 1. The number of hydrogen-bond donors (Lipinski definition) is 0. The van der Waals surface area contributed by atoms with Crippen LogP contribution in [0.1, 0.15) is 34.1 Å². The van der Waals surface area contributed by atoms with E-state index in [1.165, 1.54) is 5.57 Å². The zero-order valence-corrected chi connectivity index (χ0v) is 10.5. The molecule has 1 atom stereocenters. The molecule has 0 saturated carbocycles. The van der Waals surface area contributed by atoms with E-state index >= 15 is 0 Å². The number of rotatable bonds is 5. The molecule has 0 amide bonds. The molecule has 0 radical (unpaired) electrons. The minimum atomic E-state index is -0.252. The van der Waals surface area contributed by atoms with Gasteiger partial charge in [-0.25, -0.2) is 4.79 Å². The molecule has 0 aromatic heterocycles. The van der Waals surface area contributed by atoms with Gasteiger partial charge in [-0.15, -0.1) is 0 Å². The molecule has 0 bridgehead atoms. The van der Waals surface area contributed by atoms with E-state index in [2.05, 4.69) is 6.92 Å². The second-order valence-corrected chi connectivity index (χ2v) is 3.73. The van der Waals surface area contributed by atoms with Crippen LogP contribution in [0, 0.1) is 5.92 Å². The fraction of sp³-hybridized carbons (Fsp3) is 0.615. The highest BCUT2D eigenvalue weighted by molar-refractivity contribution is 5.91.